The average Bonchev–Trinajstić information content (AvgIpc) is 2.29. The van der Waals surface area contributed by atoms with Gasteiger partial charge in [-0.3, -0.25) is 0 Å². The van der Waals surface area contributed by atoms with E-state index in [1.54, 1.807) is 0 Å². The third-order valence-electron chi connectivity index (χ3n) is 1.70. The molecule has 1 aromatic rings. The van der Waals surface area contributed by atoms with Crippen molar-refractivity contribution in [2.24, 2.45) is 0 Å². The van der Waals surface area contributed by atoms with Gasteiger partial charge in [-0.1, -0.05) is 0 Å². The Morgan fingerprint density at radius 1 is 1.59 bits per heavy atom. The molecule has 0 aliphatic carbocycles. The van der Waals surface area contributed by atoms with Gasteiger partial charge in [0.05, 0.1) is 12.7 Å². The van der Waals surface area contributed by atoms with Crippen molar-refractivity contribution in [2.75, 3.05) is 7.11 Å². The number of esters is 1. The third kappa shape index (κ3) is 3.32. The first-order valence-electron chi connectivity index (χ1n) is 4.30. The summed E-state index contributed by atoms with van der Waals surface area (Å²) in [5.41, 5.74) is 8.24. The molecule has 1 rings (SSSR count). The number of carbonyl (C=O) groups excluding carboxylic acids is 1. The molecule has 0 unspecified atom stereocenters. The molecule has 0 aliphatic rings. The molecule has 0 fully saturated rings. The van der Waals surface area contributed by atoms with Crippen molar-refractivity contribution >= 4 is 11.7 Å². The van der Waals surface area contributed by atoms with Crippen LogP contribution in [-0.2, 0) is 9.53 Å². The van der Waals surface area contributed by atoms with E-state index in [4.69, 9.17) is 5.53 Å². The number of nitrogens with zero attached hydrogens (tertiary/aromatic N) is 3. The molecule has 17 heavy (non-hydrogen) atoms. The van der Waals surface area contributed by atoms with Gasteiger partial charge in [-0.25, -0.2) is 9.78 Å². The molecule has 0 spiro atoms. The van der Waals surface area contributed by atoms with Crippen LogP contribution in [0.25, 0.3) is 5.53 Å². The summed E-state index contributed by atoms with van der Waals surface area (Å²) in [6.07, 6.45) is 1.13. The van der Waals surface area contributed by atoms with Gasteiger partial charge in [0.15, 0.2) is 0 Å². The summed E-state index contributed by atoms with van der Waals surface area (Å²) in [6.45, 7) is -3.04. The molecule has 6 nitrogen and oxygen atoms in total. The van der Waals surface area contributed by atoms with E-state index in [0.717, 1.165) is 19.4 Å². The summed E-state index contributed by atoms with van der Waals surface area (Å²) in [5, 5.41) is 0. The fourth-order valence-corrected chi connectivity index (χ4v) is 1.03. The van der Waals surface area contributed by atoms with Crippen LogP contribution in [-0.4, -0.2) is 35.2 Å². The molecule has 0 N–H and O–H groups in total. The Balaban J connectivity index is 3.06. The maximum Gasteiger partial charge on any atom is 0.422 e. The lowest BCUT2D eigenvalue weighted by atomic mass is 10.1. The zero-order valence-corrected chi connectivity index (χ0v) is 8.63. The topological polar surface area (TPSA) is 84.8 Å². The normalized spacial score (nSPS) is 9.65. The lowest BCUT2D eigenvalue weighted by molar-refractivity contribution is -0.137. The quantitative estimate of drug-likeness (QED) is 0.340. The van der Waals surface area contributed by atoms with Gasteiger partial charge >= 0.3 is 18.3 Å². The maximum absolute atomic E-state index is 11.9. The van der Waals surface area contributed by atoms with Crippen LogP contribution in [0.5, 0.6) is 5.88 Å². The number of ether oxygens (including phenoxy) is 2. The largest absolute Gasteiger partial charge is 0.460 e. The minimum absolute atomic E-state index is 0.0463. The first-order chi connectivity index (χ1) is 8.08. The van der Waals surface area contributed by atoms with E-state index in [-0.39, 0.29) is 5.56 Å². The Morgan fingerprint density at radius 3 is 2.82 bits per heavy atom. The molecule has 1 aromatic heterocycles. The molecule has 0 aromatic carbocycles. The molecule has 0 amide bonds. The van der Waals surface area contributed by atoms with Crippen molar-refractivity contribution in [1.82, 2.24) is 4.98 Å². The predicted molar refractivity (Wildman–Crippen MR) is 50.6 cm³/mol. The van der Waals surface area contributed by atoms with Gasteiger partial charge in [-0.2, -0.15) is 13.6 Å². The third-order valence-corrected chi connectivity index (χ3v) is 1.70. The minimum atomic E-state index is -3.04. The SMILES string of the molecule is COC(=O)C(=[N+]=[N-])c1ccnc(OC(F)F)c1. The van der Waals surface area contributed by atoms with E-state index in [9.17, 15) is 13.6 Å². The van der Waals surface area contributed by atoms with E-state index in [2.05, 4.69) is 19.2 Å². The lowest BCUT2D eigenvalue weighted by Gasteiger charge is -2.02. The Morgan fingerprint density at radius 2 is 2.29 bits per heavy atom. The van der Waals surface area contributed by atoms with Crippen LogP contribution < -0.4 is 4.74 Å². The monoisotopic (exact) mass is 243 g/mol. The number of pyridine rings is 1. The first-order valence-corrected chi connectivity index (χ1v) is 4.30. The van der Waals surface area contributed by atoms with Gasteiger partial charge < -0.3 is 15.0 Å². The number of rotatable bonds is 4. The maximum atomic E-state index is 11.9. The van der Waals surface area contributed by atoms with Crippen LogP contribution in [0.4, 0.5) is 8.78 Å². The highest BCUT2D eigenvalue weighted by molar-refractivity contribution is 6.40. The molecular weight excluding hydrogens is 236 g/mol. The number of hydrogen-bond acceptors (Lipinski definition) is 4. The fraction of sp³-hybridized carbons (Fsp3) is 0.222. The van der Waals surface area contributed by atoms with E-state index >= 15 is 0 Å². The van der Waals surface area contributed by atoms with Gasteiger partial charge in [0.25, 0.3) is 0 Å². The molecule has 0 atom stereocenters. The van der Waals surface area contributed by atoms with E-state index < -0.39 is 24.2 Å². The zero-order valence-electron chi connectivity index (χ0n) is 8.63. The van der Waals surface area contributed by atoms with Crippen molar-refractivity contribution < 1.29 is 27.8 Å². The van der Waals surface area contributed by atoms with Gasteiger partial charge in [-0.15, -0.1) is 0 Å². The predicted octanol–water partition coefficient (Wildman–Crippen LogP) is 0.875. The van der Waals surface area contributed by atoms with Crippen molar-refractivity contribution in [3.63, 3.8) is 0 Å². The van der Waals surface area contributed by atoms with Crippen LogP contribution in [0.1, 0.15) is 5.56 Å². The molecular formula is C9H7F2N3O3. The molecule has 1 heterocycles. The highest BCUT2D eigenvalue weighted by Gasteiger charge is 2.24. The smallest absolute Gasteiger partial charge is 0.422 e. The van der Waals surface area contributed by atoms with Crippen LogP contribution in [0.3, 0.4) is 0 Å². The number of methoxy groups -OCH3 is 1. The Hall–Kier alpha value is -2.34. The van der Waals surface area contributed by atoms with E-state index in [1.807, 2.05) is 0 Å². The second-order valence-corrected chi connectivity index (χ2v) is 2.70. The minimum Gasteiger partial charge on any atom is -0.460 e. The van der Waals surface area contributed by atoms with Crippen LogP contribution in [0.15, 0.2) is 18.3 Å². The molecule has 0 aliphatic heterocycles. The number of aromatic nitrogens is 1. The highest BCUT2D eigenvalue weighted by Crippen LogP contribution is 2.12. The molecule has 0 saturated carbocycles. The Labute approximate surface area is 94.4 Å². The van der Waals surface area contributed by atoms with Crippen LogP contribution in [0, 0.1) is 0 Å². The van der Waals surface area contributed by atoms with Crippen molar-refractivity contribution in [3.8, 4) is 5.88 Å². The average molecular weight is 243 g/mol. The number of halogens is 2. The Kier molecular flexibility index (Phi) is 4.24. The van der Waals surface area contributed by atoms with Gasteiger partial charge in [0.1, 0.15) is 0 Å². The van der Waals surface area contributed by atoms with Gasteiger partial charge in [0, 0.05) is 12.3 Å². The standard InChI is InChI=1S/C9H7F2N3O3/c1-16-8(15)7(14-12)5-2-3-13-6(4-5)17-9(10)11/h2-4,9H,1H3. The lowest BCUT2D eigenvalue weighted by Crippen LogP contribution is -2.18. The molecule has 8 heteroatoms. The second-order valence-electron chi connectivity index (χ2n) is 2.70. The summed E-state index contributed by atoms with van der Waals surface area (Å²) < 4.78 is 32.2. The molecule has 0 radical (unpaired) electrons. The zero-order chi connectivity index (χ0) is 12.8. The van der Waals surface area contributed by atoms with Crippen LogP contribution in [0.2, 0.25) is 0 Å². The van der Waals surface area contributed by atoms with E-state index in [1.165, 1.54) is 6.07 Å². The van der Waals surface area contributed by atoms with E-state index in [0.29, 0.717) is 0 Å². The summed E-state index contributed by atoms with van der Waals surface area (Å²) in [4.78, 5) is 17.4. The van der Waals surface area contributed by atoms with Crippen molar-refractivity contribution in [2.45, 2.75) is 6.61 Å². The summed E-state index contributed by atoms with van der Waals surface area (Å²) >= 11 is 0. The summed E-state index contributed by atoms with van der Waals surface area (Å²) in [7, 11) is 1.09. The van der Waals surface area contributed by atoms with Gasteiger partial charge in [0.2, 0.25) is 5.88 Å². The van der Waals surface area contributed by atoms with Crippen LogP contribution >= 0.6 is 0 Å². The highest BCUT2D eigenvalue weighted by atomic mass is 19.3. The van der Waals surface area contributed by atoms with Crippen molar-refractivity contribution in [3.05, 3.63) is 29.4 Å². The van der Waals surface area contributed by atoms with Crippen molar-refractivity contribution in [1.29, 1.82) is 0 Å². The number of hydrogen-bond donors (Lipinski definition) is 0. The van der Waals surface area contributed by atoms with Gasteiger partial charge in [-0.05, 0) is 6.07 Å². The summed E-state index contributed by atoms with van der Waals surface area (Å²) in [6, 6.07) is 2.31. The second kappa shape index (κ2) is 5.66. The summed E-state index contributed by atoms with van der Waals surface area (Å²) in [5.74, 6) is -1.32. The molecule has 90 valence electrons. The number of alkyl halides is 2. The Bertz CT molecular complexity index is 472. The fourth-order valence-electron chi connectivity index (χ4n) is 1.03. The molecule has 0 bridgehead atoms. The number of carbonyl (C=O) groups is 1. The molecule has 0 saturated heterocycles. The first kappa shape index (κ1) is 12.7.